The average molecular weight is 508 g/mol. The van der Waals surface area contributed by atoms with Crippen LogP contribution < -0.4 is 10.2 Å². The third kappa shape index (κ3) is 4.61. The number of hydrogen-bond acceptors (Lipinski definition) is 9. The zero-order valence-electron chi connectivity index (χ0n) is 20.2. The van der Waals surface area contributed by atoms with Crippen molar-refractivity contribution in [3.8, 4) is 11.4 Å². The number of nitrogens with zero attached hydrogens (tertiary/aromatic N) is 5. The van der Waals surface area contributed by atoms with Gasteiger partial charge in [0.15, 0.2) is 11.6 Å². The van der Waals surface area contributed by atoms with Gasteiger partial charge in [-0.25, -0.2) is 14.8 Å². The summed E-state index contributed by atoms with van der Waals surface area (Å²) in [6.45, 7) is 5.51. The van der Waals surface area contributed by atoms with Crippen LogP contribution in [0.2, 0.25) is 0 Å². The van der Waals surface area contributed by atoms with Gasteiger partial charge < -0.3 is 19.7 Å². The van der Waals surface area contributed by atoms with Crippen LogP contribution in [0.5, 0.6) is 0 Å². The van der Waals surface area contributed by atoms with Gasteiger partial charge in [-0.3, -0.25) is 10.00 Å². The number of anilines is 1. The van der Waals surface area contributed by atoms with Crippen molar-refractivity contribution in [1.82, 2.24) is 30.4 Å². The van der Waals surface area contributed by atoms with E-state index in [1.54, 1.807) is 18.4 Å². The number of piperidine rings is 1. The molecular weight excluding hydrogens is 478 g/mol. The number of aromatic nitrogens is 4. The standard InChI is InChI=1S/C25H29N7O3S/c1-26-25(33)35-16-4-3-7-31(14-16)15-17-12-21-22(36-17)24(32-8-10-34-11-9-32)29-23(28-21)18-5-2-6-20-19(18)13-27-30-20/h2,5-6,12-13,16H,3-4,7-11,14-15H2,1H3,(H,26,33)(H,27,30)/t16-/m0/s1. The highest BCUT2D eigenvalue weighted by atomic mass is 32.1. The van der Waals surface area contributed by atoms with Gasteiger partial charge in [-0.2, -0.15) is 5.10 Å². The van der Waals surface area contributed by atoms with E-state index in [-0.39, 0.29) is 12.2 Å². The summed E-state index contributed by atoms with van der Waals surface area (Å²) in [4.78, 5) is 27.7. The fourth-order valence-corrected chi connectivity index (χ4v) is 6.15. The van der Waals surface area contributed by atoms with E-state index in [1.807, 2.05) is 18.3 Å². The third-order valence-corrected chi connectivity index (χ3v) is 7.87. The van der Waals surface area contributed by atoms with Gasteiger partial charge in [0.2, 0.25) is 0 Å². The minimum absolute atomic E-state index is 0.0844. The molecule has 0 bridgehead atoms. The maximum absolute atomic E-state index is 11.7. The van der Waals surface area contributed by atoms with Gasteiger partial charge in [0, 0.05) is 49.1 Å². The van der Waals surface area contributed by atoms with Gasteiger partial charge in [0.25, 0.3) is 0 Å². The first-order chi connectivity index (χ1) is 17.7. The molecule has 6 rings (SSSR count). The molecular formula is C25H29N7O3S. The lowest BCUT2D eigenvalue weighted by Crippen LogP contribution is -2.41. The van der Waals surface area contributed by atoms with E-state index in [4.69, 9.17) is 19.4 Å². The molecule has 2 aliphatic heterocycles. The van der Waals surface area contributed by atoms with Crippen molar-refractivity contribution in [2.45, 2.75) is 25.5 Å². The Morgan fingerprint density at radius 1 is 1.28 bits per heavy atom. The monoisotopic (exact) mass is 507 g/mol. The number of rotatable bonds is 5. The maximum atomic E-state index is 11.7. The lowest BCUT2D eigenvalue weighted by Gasteiger charge is -2.31. The number of carbonyl (C=O) groups is 1. The van der Waals surface area contributed by atoms with Crippen molar-refractivity contribution < 1.29 is 14.3 Å². The Hall–Kier alpha value is -3.28. The zero-order chi connectivity index (χ0) is 24.5. The van der Waals surface area contributed by atoms with Crippen molar-refractivity contribution in [1.29, 1.82) is 0 Å². The topological polar surface area (TPSA) is 108 Å². The molecule has 1 atom stereocenters. The van der Waals surface area contributed by atoms with E-state index in [0.717, 1.165) is 78.1 Å². The second kappa shape index (κ2) is 10.00. The van der Waals surface area contributed by atoms with Crippen molar-refractivity contribution >= 4 is 44.4 Å². The van der Waals surface area contributed by atoms with Gasteiger partial charge in [-0.15, -0.1) is 11.3 Å². The fraction of sp³-hybridized carbons (Fsp3) is 0.440. The normalized spacial score (nSPS) is 19.1. The number of alkyl carbamates (subject to hydrolysis) is 1. The number of carbonyl (C=O) groups excluding carboxylic acids is 1. The molecule has 3 aromatic heterocycles. The Balaban J connectivity index is 1.34. The summed E-state index contributed by atoms with van der Waals surface area (Å²) < 4.78 is 12.2. The maximum Gasteiger partial charge on any atom is 0.407 e. The second-order valence-corrected chi connectivity index (χ2v) is 10.3. The minimum Gasteiger partial charge on any atom is -0.445 e. The molecule has 2 fully saturated rings. The smallest absolute Gasteiger partial charge is 0.407 e. The number of benzene rings is 1. The highest BCUT2D eigenvalue weighted by molar-refractivity contribution is 7.19. The quantitative estimate of drug-likeness (QED) is 0.423. The molecule has 2 aliphatic rings. The number of aromatic amines is 1. The molecule has 188 valence electrons. The van der Waals surface area contributed by atoms with Crippen LogP contribution >= 0.6 is 11.3 Å². The molecule has 11 heteroatoms. The summed E-state index contributed by atoms with van der Waals surface area (Å²) >= 11 is 1.75. The largest absolute Gasteiger partial charge is 0.445 e. The average Bonchev–Trinajstić information content (AvgIpc) is 3.55. The van der Waals surface area contributed by atoms with Crippen molar-refractivity contribution in [2.24, 2.45) is 0 Å². The van der Waals surface area contributed by atoms with Crippen LogP contribution in [0.4, 0.5) is 10.6 Å². The lowest BCUT2D eigenvalue weighted by molar-refractivity contribution is 0.0411. The number of amides is 1. The first-order valence-corrected chi connectivity index (χ1v) is 13.2. The van der Waals surface area contributed by atoms with Crippen LogP contribution in [0.25, 0.3) is 32.5 Å². The predicted molar refractivity (Wildman–Crippen MR) is 139 cm³/mol. The molecule has 36 heavy (non-hydrogen) atoms. The summed E-state index contributed by atoms with van der Waals surface area (Å²) in [6, 6.07) is 8.25. The second-order valence-electron chi connectivity index (χ2n) is 9.19. The van der Waals surface area contributed by atoms with Crippen LogP contribution in [-0.4, -0.2) is 83.7 Å². The highest BCUT2D eigenvalue weighted by Crippen LogP contribution is 2.36. The summed E-state index contributed by atoms with van der Waals surface area (Å²) in [5, 5.41) is 10.8. The van der Waals surface area contributed by atoms with Crippen LogP contribution in [0.15, 0.2) is 30.5 Å². The highest BCUT2D eigenvalue weighted by Gasteiger charge is 2.25. The molecule has 1 amide bonds. The van der Waals surface area contributed by atoms with Crippen LogP contribution in [0.3, 0.4) is 0 Å². The van der Waals surface area contributed by atoms with E-state index in [2.05, 4.69) is 37.4 Å². The molecule has 4 aromatic rings. The van der Waals surface area contributed by atoms with Crippen LogP contribution in [0, 0.1) is 0 Å². The third-order valence-electron chi connectivity index (χ3n) is 6.76. The molecule has 0 unspecified atom stereocenters. The van der Waals surface area contributed by atoms with Gasteiger partial charge in [-0.05, 0) is 31.5 Å². The number of thiophene rings is 1. The molecule has 0 aliphatic carbocycles. The molecule has 1 aromatic carbocycles. The number of fused-ring (bicyclic) bond motifs is 2. The van der Waals surface area contributed by atoms with Crippen molar-refractivity contribution in [2.75, 3.05) is 51.3 Å². The number of likely N-dealkylation sites (tertiary alicyclic amines) is 1. The van der Waals surface area contributed by atoms with Gasteiger partial charge >= 0.3 is 6.09 Å². The summed E-state index contributed by atoms with van der Waals surface area (Å²) in [5.74, 6) is 1.67. The number of morpholine rings is 1. The van der Waals surface area contributed by atoms with Gasteiger partial charge in [-0.1, -0.05) is 12.1 Å². The summed E-state index contributed by atoms with van der Waals surface area (Å²) in [7, 11) is 1.59. The van der Waals surface area contributed by atoms with E-state index in [0.29, 0.717) is 19.0 Å². The lowest BCUT2D eigenvalue weighted by atomic mass is 10.1. The molecule has 0 spiro atoms. The van der Waals surface area contributed by atoms with E-state index >= 15 is 0 Å². The number of ether oxygens (including phenoxy) is 2. The van der Waals surface area contributed by atoms with E-state index in [9.17, 15) is 4.79 Å². The van der Waals surface area contributed by atoms with Gasteiger partial charge in [0.05, 0.1) is 35.1 Å². The summed E-state index contributed by atoms with van der Waals surface area (Å²) in [5.41, 5.74) is 2.89. The fourth-order valence-electron chi connectivity index (χ4n) is 5.00. The Bertz CT molecular complexity index is 1380. The van der Waals surface area contributed by atoms with E-state index in [1.165, 1.54) is 4.88 Å². The van der Waals surface area contributed by atoms with Crippen LogP contribution in [-0.2, 0) is 16.0 Å². The number of H-pyrrole nitrogens is 1. The summed E-state index contributed by atoms with van der Waals surface area (Å²) in [6.07, 6.45) is 3.28. The SMILES string of the molecule is CNC(=O)O[C@H]1CCCN(Cc2cc3nc(-c4cccc5[nH]ncc45)nc(N4CCOCC4)c3s2)C1. The first kappa shape index (κ1) is 23.1. The molecule has 0 saturated carbocycles. The first-order valence-electron chi connectivity index (χ1n) is 12.3. The molecule has 5 heterocycles. The molecule has 0 radical (unpaired) electrons. The van der Waals surface area contributed by atoms with Gasteiger partial charge in [0.1, 0.15) is 6.10 Å². The van der Waals surface area contributed by atoms with Crippen LogP contribution in [0.1, 0.15) is 17.7 Å². The molecule has 2 saturated heterocycles. The minimum atomic E-state index is -0.366. The van der Waals surface area contributed by atoms with Crippen molar-refractivity contribution in [3.05, 3.63) is 35.3 Å². The predicted octanol–water partition coefficient (Wildman–Crippen LogP) is 3.39. The van der Waals surface area contributed by atoms with Crippen molar-refractivity contribution in [3.63, 3.8) is 0 Å². The van der Waals surface area contributed by atoms with E-state index < -0.39 is 0 Å². The Kier molecular flexibility index (Phi) is 6.43. The Morgan fingerprint density at radius 3 is 3.03 bits per heavy atom. The zero-order valence-corrected chi connectivity index (χ0v) is 21.0. The Labute approximate surface area is 212 Å². The molecule has 10 nitrogen and oxygen atoms in total. The Morgan fingerprint density at radius 2 is 2.17 bits per heavy atom. The number of hydrogen-bond donors (Lipinski definition) is 2. The molecule has 2 N–H and O–H groups in total. The number of nitrogens with one attached hydrogen (secondary N) is 2.